The maximum Gasteiger partial charge on any atom is 0.198 e. The standard InChI is InChI=1S/C4H7N5O.C2H6/c5-3(10)2-4(9-6)8-1-7-2;1-2/h1,3,6,10H,5H2,(H,7,8);1-2H3. The van der Waals surface area contributed by atoms with Gasteiger partial charge in [0.15, 0.2) is 5.82 Å². The van der Waals surface area contributed by atoms with E-state index in [0.717, 1.165) is 0 Å². The van der Waals surface area contributed by atoms with Gasteiger partial charge in [0.05, 0.1) is 6.33 Å². The SMILES string of the molecule is CC.N=Nc1nc[nH]c1C(N)O. The van der Waals surface area contributed by atoms with Gasteiger partial charge >= 0.3 is 0 Å². The van der Waals surface area contributed by atoms with Gasteiger partial charge in [-0.15, -0.1) is 5.11 Å². The van der Waals surface area contributed by atoms with Crippen LogP contribution in [0.2, 0.25) is 0 Å². The fraction of sp³-hybridized carbons (Fsp3) is 0.500. The van der Waals surface area contributed by atoms with Crippen LogP contribution in [0.4, 0.5) is 5.82 Å². The Labute approximate surface area is 70.3 Å². The largest absolute Gasteiger partial charge is 0.373 e. The second kappa shape index (κ2) is 5.39. The first-order valence-corrected chi connectivity index (χ1v) is 3.60. The van der Waals surface area contributed by atoms with E-state index in [0.29, 0.717) is 0 Å². The Balaban J connectivity index is 0.000000561. The van der Waals surface area contributed by atoms with Crippen molar-refractivity contribution in [3.05, 3.63) is 12.0 Å². The number of nitrogens with zero attached hydrogens (tertiary/aromatic N) is 2. The van der Waals surface area contributed by atoms with Crippen molar-refractivity contribution >= 4 is 5.82 Å². The van der Waals surface area contributed by atoms with Crippen LogP contribution in [0.1, 0.15) is 25.8 Å². The molecule has 0 aliphatic rings. The van der Waals surface area contributed by atoms with Crippen molar-refractivity contribution in [1.82, 2.24) is 9.97 Å². The van der Waals surface area contributed by atoms with Gasteiger partial charge < -0.3 is 15.8 Å². The molecule has 1 atom stereocenters. The number of nitrogens with one attached hydrogen (secondary N) is 2. The fourth-order valence-electron chi connectivity index (χ4n) is 0.604. The third-order valence-electron chi connectivity index (χ3n) is 1.05. The normalized spacial score (nSPS) is 11.3. The lowest BCUT2D eigenvalue weighted by Crippen LogP contribution is -2.08. The van der Waals surface area contributed by atoms with Gasteiger partial charge in [0.1, 0.15) is 11.9 Å². The zero-order chi connectivity index (χ0) is 9.56. The molecule has 1 unspecified atom stereocenters. The highest BCUT2D eigenvalue weighted by Gasteiger charge is 2.08. The molecule has 1 heterocycles. The number of hydrogen-bond donors (Lipinski definition) is 4. The average molecular weight is 171 g/mol. The first-order chi connectivity index (χ1) is 5.75. The second-order valence-corrected chi connectivity index (χ2v) is 1.70. The number of rotatable bonds is 2. The summed E-state index contributed by atoms with van der Waals surface area (Å²) in [6.07, 6.45) is 0.172. The molecule has 1 aromatic rings. The van der Waals surface area contributed by atoms with Crippen molar-refractivity contribution < 1.29 is 5.11 Å². The van der Waals surface area contributed by atoms with Gasteiger partial charge in [-0.25, -0.2) is 10.5 Å². The van der Waals surface area contributed by atoms with Crippen LogP contribution in [-0.2, 0) is 0 Å². The number of aromatic amines is 1. The molecular formula is C6H13N5O. The molecule has 0 amide bonds. The molecule has 6 heteroatoms. The average Bonchev–Trinajstić information content (AvgIpc) is 2.55. The highest BCUT2D eigenvalue weighted by atomic mass is 16.3. The van der Waals surface area contributed by atoms with Crippen LogP contribution in [-0.4, -0.2) is 15.1 Å². The van der Waals surface area contributed by atoms with Crippen LogP contribution < -0.4 is 5.73 Å². The van der Waals surface area contributed by atoms with Crippen molar-refractivity contribution in [2.45, 2.75) is 20.1 Å². The quantitative estimate of drug-likeness (QED) is 0.394. The Kier molecular flexibility index (Phi) is 4.82. The minimum absolute atomic E-state index is 0.120. The summed E-state index contributed by atoms with van der Waals surface area (Å²) >= 11 is 0. The lowest BCUT2D eigenvalue weighted by Gasteiger charge is -1.98. The van der Waals surface area contributed by atoms with Crippen LogP contribution in [0.25, 0.3) is 0 Å². The number of nitrogens with two attached hydrogens (primary N) is 1. The van der Waals surface area contributed by atoms with Crippen molar-refractivity contribution in [2.24, 2.45) is 10.8 Å². The van der Waals surface area contributed by atoms with Gasteiger partial charge in [-0.3, -0.25) is 0 Å². The predicted molar refractivity (Wildman–Crippen MR) is 43.9 cm³/mol. The van der Waals surface area contributed by atoms with Gasteiger partial charge in [0.2, 0.25) is 0 Å². The molecule has 0 spiro atoms. The number of aliphatic hydroxyl groups is 1. The molecule has 12 heavy (non-hydrogen) atoms. The molecular weight excluding hydrogens is 158 g/mol. The number of hydrogen-bond acceptors (Lipinski definition) is 5. The monoisotopic (exact) mass is 171 g/mol. The van der Waals surface area contributed by atoms with Gasteiger partial charge in [-0.2, -0.15) is 0 Å². The van der Waals surface area contributed by atoms with Crippen molar-refractivity contribution in [2.75, 3.05) is 0 Å². The number of aromatic nitrogens is 2. The van der Waals surface area contributed by atoms with E-state index in [4.69, 9.17) is 16.4 Å². The van der Waals surface area contributed by atoms with E-state index < -0.39 is 6.23 Å². The number of imidazole rings is 1. The van der Waals surface area contributed by atoms with Crippen LogP contribution in [0.15, 0.2) is 11.4 Å². The number of aliphatic hydroxyl groups excluding tert-OH is 1. The summed E-state index contributed by atoms with van der Waals surface area (Å²) < 4.78 is 0. The summed E-state index contributed by atoms with van der Waals surface area (Å²) in [6, 6.07) is 0. The molecule has 0 fully saturated rings. The van der Waals surface area contributed by atoms with E-state index in [2.05, 4.69) is 15.1 Å². The third kappa shape index (κ3) is 2.40. The van der Waals surface area contributed by atoms with E-state index >= 15 is 0 Å². The summed E-state index contributed by atoms with van der Waals surface area (Å²) in [5, 5.41) is 11.8. The maximum absolute atomic E-state index is 8.79. The molecule has 68 valence electrons. The molecule has 0 aliphatic heterocycles. The molecule has 0 saturated heterocycles. The second-order valence-electron chi connectivity index (χ2n) is 1.70. The van der Waals surface area contributed by atoms with Crippen molar-refractivity contribution in [3.8, 4) is 0 Å². The summed E-state index contributed by atoms with van der Waals surface area (Å²) in [4.78, 5) is 6.16. The summed E-state index contributed by atoms with van der Waals surface area (Å²) in [6.45, 7) is 4.00. The van der Waals surface area contributed by atoms with Crippen molar-refractivity contribution in [1.29, 1.82) is 5.53 Å². The van der Waals surface area contributed by atoms with E-state index in [1.54, 1.807) is 0 Å². The zero-order valence-electron chi connectivity index (χ0n) is 7.07. The molecule has 5 N–H and O–H groups in total. The number of H-pyrrole nitrogens is 1. The van der Waals surface area contributed by atoms with Crippen molar-refractivity contribution in [3.63, 3.8) is 0 Å². The van der Waals surface area contributed by atoms with Crippen LogP contribution >= 0.6 is 0 Å². The van der Waals surface area contributed by atoms with Gasteiger partial charge in [0.25, 0.3) is 0 Å². The fourth-order valence-corrected chi connectivity index (χ4v) is 0.604. The van der Waals surface area contributed by atoms with E-state index in [1.165, 1.54) is 6.33 Å². The Bertz CT molecular complexity index is 232. The highest BCUT2D eigenvalue weighted by Crippen LogP contribution is 2.16. The third-order valence-corrected chi connectivity index (χ3v) is 1.05. The Morgan fingerprint density at radius 2 is 2.33 bits per heavy atom. The molecule has 0 aliphatic carbocycles. The molecule has 0 radical (unpaired) electrons. The molecule has 1 aromatic heterocycles. The maximum atomic E-state index is 8.79. The molecule has 0 bridgehead atoms. The zero-order valence-corrected chi connectivity index (χ0v) is 7.07. The van der Waals surface area contributed by atoms with Gasteiger partial charge in [-0.05, 0) is 0 Å². The van der Waals surface area contributed by atoms with E-state index in [9.17, 15) is 0 Å². The molecule has 1 rings (SSSR count). The van der Waals surface area contributed by atoms with Crippen LogP contribution in [0.3, 0.4) is 0 Å². The Hall–Kier alpha value is -1.27. The smallest absolute Gasteiger partial charge is 0.198 e. The first-order valence-electron chi connectivity index (χ1n) is 3.60. The lowest BCUT2D eigenvalue weighted by atomic mass is 10.4. The summed E-state index contributed by atoms with van der Waals surface area (Å²) in [5.74, 6) is 0.120. The summed E-state index contributed by atoms with van der Waals surface area (Å²) in [5.41, 5.74) is 11.9. The molecule has 0 saturated carbocycles. The Morgan fingerprint density at radius 1 is 1.75 bits per heavy atom. The molecule has 6 nitrogen and oxygen atoms in total. The van der Waals surface area contributed by atoms with Crippen LogP contribution in [0.5, 0.6) is 0 Å². The van der Waals surface area contributed by atoms with E-state index in [1.807, 2.05) is 13.8 Å². The van der Waals surface area contributed by atoms with Gasteiger partial charge in [-0.1, -0.05) is 13.8 Å². The highest BCUT2D eigenvalue weighted by molar-refractivity contribution is 5.32. The minimum atomic E-state index is -1.15. The predicted octanol–water partition coefficient (Wildman–Crippen LogP) is 1.05. The topological polar surface area (TPSA) is 111 Å². The van der Waals surface area contributed by atoms with E-state index in [-0.39, 0.29) is 11.5 Å². The van der Waals surface area contributed by atoms with Gasteiger partial charge in [0, 0.05) is 0 Å². The minimum Gasteiger partial charge on any atom is -0.373 e. The Morgan fingerprint density at radius 3 is 2.67 bits per heavy atom. The molecule has 0 aromatic carbocycles. The first kappa shape index (κ1) is 10.7. The summed E-state index contributed by atoms with van der Waals surface area (Å²) in [7, 11) is 0. The van der Waals surface area contributed by atoms with Crippen LogP contribution in [0, 0.1) is 5.53 Å². The lowest BCUT2D eigenvalue weighted by molar-refractivity contribution is 0.182.